The van der Waals surface area contributed by atoms with Crippen LogP contribution < -0.4 is 15.8 Å². The van der Waals surface area contributed by atoms with Gasteiger partial charge in [0.05, 0.1) is 29.3 Å². The van der Waals surface area contributed by atoms with Crippen molar-refractivity contribution in [3.8, 4) is 17.0 Å². The van der Waals surface area contributed by atoms with Crippen LogP contribution in [-0.2, 0) is 11.3 Å². The molecule has 1 amide bonds. The largest absolute Gasteiger partial charge is 0.496 e. The van der Waals surface area contributed by atoms with Crippen LogP contribution in [0.1, 0.15) is 0 Å². The Labute approximate surface area is 172 Å². The molecule has 30 heavy (non-hydrogen) atoms. The van der Waals surface area contributed by atoms with Crippen molar-refractivity contribution in [2.45, 2.75) is 6.54 Å². The van der Waals surface area contributed by atoms with Gasteiger partial charge in [0, 0.05) is 17.0 Å². The fourth-order valence-corrected chi connectivity index (χ4v) is 3.66. The number of anilines is 1. The van der Waals surface area contributed by atoms with Crippen LogP contribution in [0.4, 0.5) is 10.8 Å². The molecule has 2 aromatic heterocycles. The van der Waals surface area contributed by atoms with Gasteiger partial charge in [0.25, 0.3) is 5.69 Å². The zero-order chi connectivity index (χ0) is 21.3. The maximum atomic E-state index is 12.4. The summed E-state index contributed by atoms with van der Waals surface area (Å²) >= 11 is 1.23. The number of fused-ring (bicyclic) bond motifs is 1. The Balaban J connectivity index is 1.53. The van der Waals surface area contributed by atoms with Crippen LogP contribution in [0, 0.1) is 10.1 Å². The SMILES string of the molecule is COc1ccccc1-c1csc(NC(=O)Cn2c(=O)oc3cc([N+](=O)[O-])ccc32)n1. The molecule has 0 aliphatic heterocycles. The number of carbonyl (C=O) groups excluding carboxylic acids is 1. The molecule has 0 aliphatic rings. The summed E-state index contributed by atoms with van der Waals surface area (Å²) in [6.07, 6.45) is 0. The van der Waals surface area contributed by atoms with Gasteiger partial charge in [0.15, 0.2) is 10.7 Å². The highest BCUT2D eigenvalue weighted by atomic mass is 32.1. The first kappa shape index (κ1) is 19.3. The number of carbonyl (C=O) groups is 1. The molecule has 10 nitrogen and oxygen atoms in total. The van der Waals surface area contributed by atoms with E-state index in [1.807, 2.05) is 24.3 Å². The predicted octanol–water partition coefficient (Wildman–Crippen LogP) is 3.27. The van der Waals surface area contributed by atoms with Gasteiger partial charge >= 0.3 is 5.76 Å². The number of nitrogens with one attached hydrogen (secondary N) is 1. The van der Waals surface area contributed by atoms with Crippen LogP contribution in [0.25, 0.3) is 22.4 Å². The fourth-order valence-electron chi connectivity index (χ4n) is 2.93. The lowest BCUT2D eigenvalue weighted by molar-refractivity contribution is -0.384. The summed E-state index contributed by atoms with van der Waals surface area (Å²) in [6, 6.07) is 11.1. The number of hydrogen-bond acceptors (Lipinski definition) is 8. The van der Waals surface area contributed by atoms with Gasteiger partial charge in [-0.05, 0) is 18.2 Å². The number of methoxy groups -OCH3 is 1. The summed E-state index contributed by atoms with van der Waals surface area (Å²) in [4.78, 5) is 39.2. The smallest absolute Gasteiger partial charge is 0.420 e. The monoisotopic (exact) mass is 426 g/mol. The van der Waals surface area contributed by atoms with Gasteiger partial charge in [-0.3, -0.25) is 19.5 Å². The molecule has 0 bridgehead atoms. The third kappa shape index (κ3) is 3.65. The number of non-ortho nitro benzene ring substituents is 1. The number of para-hydroxylation sites is 1. The van der Waals surface area contributed by atoms with E-state index in [1.165, 1.54) is 23.5 Å². The van der Waals surface area contributed by atoms with Crippen molar-refractivity contribution < 1.29 is 18.9 Å². The minimum Gasteiger partial charge on any atom is -0.496 e. The fraction of sp³-hybridized carbons (Fsp3) is 0.105. The average Bonchev–Trinajstić information content (AvgIpc) is 3.31. The first-order valence-corrected chi connectivity index (χ1v) is 9.51. The Morgan fingerprint density at radius 2 is 2.13 bits per heavy atom. The molecule has 11 heteroatoms. The lowest BCUT2D eigenvalue weighted by Crippen LogP contribution is -2.24. The van der Waals surface area contributed by atoms with E-state index in [1.54, 1.807) is 12.5 Å². The Hall–Kier alpha value is -3.99. The summed E-state index contributed by atoms with van der Waals surface area (Å²) in [6.45, 7) is -0.326. The number of benzene rings is 2. The summed E-state index contributed by atoms with van der Waals surface area (Å²) in [5.74, 6) is -0.611. The van der Waals surface area contributed by atoms with Crippen molar-refractivity contribution >= 4 is 39.2 Å². The molecule has 4 aromatic rings. The number of thiazole rings is 1. The number of nitro groups is 1. The number of nitrogens with zero attached hydrogens (tertiary/aromatic N) is 3. The van der Waals surface area contributed by atoms with Gasteiger partial charge in [0.2, 0.25) is 5.91 Å². The van der Waals surface area contributed by atoms with Gasteiger partial charge in [-0.25, -0.2) is 9.78 Å². The molecule has 2 heterocycles. The van der Waals surface area contributed by atoms with Crippen LogP contribution in [0.5, 0.6) is 5.75 Å². The van der Waals surface area contributed by atoms with Crippen molar-refractivity contribution in [1.29, 1.82) is 0 Å². The minimum absolute atomic E-state index is 0.0368. The van der Waals surface area contributed by atoms with E-state index in [2.05, 4.69) is 10.3 Å². The normalized spacial score (nSPS) is 10.8. The van der Waals surface area contributed by atoms with Gasteiger partial charge in [-0.2, -0.15) is 0 Å². The first-order valence-electron chi connectivity index (χ1n) is 8.63. The molecule has 0 radical (unpaired) electrons. The van der Waals surface area contributed by atoms with E-state index in [0.717, 1.165) is 16.2 Å². The number of ether oxygens (including phenoxy) is 1. The lowest BCUT2D eigenvalue weighted by atomic mass is 10.1. The predicted molar refractivity (Wildman–Crippen MR) is 110 cm³/mol. The van der Waals surface area contributed by atoms with Gasteiger partial charge in [-0.15, -0.1) is 11.3 Å². The molecule has 0 saturated carbocycles. The van der Waals surface area contributed by atoms with E-state index in [0.29, 0.717) is 16.6 Å². The minimum atomic E-state index is -0.783. The van der Waals surface area contributed by atoms with Gasteiger partial charge < -0.3 is 14.5 Å². The van der Waals surface area contributed by atoms with Crippen molar-refractivity contribution in [2.24, 2.45) is 0 Å². The van der Waals surface area contributed by atoms with E-state index >= 15 is 0 Å². The highest BCUT2D eigenvalue weighted by Gasteiger charge is 2.17. The third-order valence-corrected chi connectivity index (χ3v) is 5.06. The quantitative estimate of drug-likeness (QED) is 0.370. The molecule has 0 atom stereocenters. The maximum absolute atomic E-state index is 12.4. The molecular formula is C19H14N4O6S. The van der Waals surface area contributed by atoms with Crippen molar-refractivity contribution in [1.82, 2.24) is 9.55 Å². The van der Waals surface area contributed by atoms with Crippen molar-refractivity contribution in [3.05, 3.63) is 68.5 Å². The second kappa shape index (κ2) is 7.79. The highest BCUT2D eigenvalue weighted by molar-refractivity contribution is 7.14. The number of nitro benzene ring substituents is 1. The number of oxazole rings is 1. The number of rotatable bonds is 6. The van der Waals surface area contributed by atoms with Crippen LogP contribution in [0.2, 0.25) is 0 Å². The summed E-state index contributed by atoms with van der Waals surface area (Å²) in [5, 5.41) is 15.7. The second-order valence-corrected chi connectivity index (χ2v) is 7.01. The van der Waals surface area contributed by atoms with Gasteiger partial charge in [-0.1, -0.05) is 12.1 Å². The van der Waals surface area contributed by atoms with E-state index in [4.69, 9.17) is 9.15 Å². The average molecular weight is 426 g/mol. The Morgan fingerprint density at radius 1 is 1.33 bits per heavy atom. The third-order valence-electron chi connectivity index (χ3n) is 4.30. The summed E-state index contributed by atoms with van der Waals surface area (Å²) in [5.41, 5.74) is 1.55. The maximum Gasteiger partial charge on any atom is 0.420 e. The summed E-state index contributed by atoms with van der Waals surface area (Å²) < 4.78 is 11.4. The van der Waals surface area contributed by atoms with Crippen molar-refractivity contribution in [3.63, 3.8) is 0 Å². The van der Waals surface area contributed by atoms with Gasteiger partial charge in [0.1, 0.15) is 12.3 Å². The standard InChI is InChI=1S/C19H14N4O6S/c1-28-15-5-3-2-4-12(15)13-10-30-18(20-13)21-17(24)9-22-14-7-6-11(23(26)27)8-16(14)29-19(22)25/h2-8,10H,9H2,1H3,(H,20,21,24). The number of aromatic nitrogens is 2. The molecule has 0 unspecified atom stereocenters. The van der Waals surface area contributed by atoms with E-state index < -0.39 is 16.6 Å². The molecule has 1 N–H and O–H groups in total. The molecule has 0 saturated heterocycles. The second-order valence-electron chi connectivity index (χ2n) is 6.15. The van der Waals surface area contributed by atoms with Crippen LogP contribution >= 0.6 is 11.3 Å². The Kier molecular flexibility index (Phi) is 5.02. The van der Waals surface area contributed by atoms with E-state index in [-0.39, 0.29) is 23.3 Å². The lowest BCUT2D eigenvalue weighted by Gasteiger charge is -2.05. The molecule has 0 aliphatic carbocycles. The Morgan fingerprint density at radius 3 is 2.90 bits per heavy atom. The van der Waals surface area contributed by atoms with Crippen LogP contribution in [0.3, 0.4) is 0 Å². The van der Waals surface area contributed by atoms with E-state index in [9.17, 15) is 19.7 Å². The molecule has 0 fully saturated rings. The van der Waals surface area contributed by atoms with Crippen molar-refractivity contribution in [2.75, 3.05) is 12.4 Å². The summed E-state index contributed by atoms with van der Waals surface area (Å²) in [7, 11) is 1.56. The van der Waals surface area contributed by atoms with Crippen LogP contribution in [-0.4, -0.2) is 27.5 Å². The zero-order valence-corrected chi connectivity index (χ0v) is 16.3. The Bertz CT molecular complexity index is 1320. The topological polar surface area (TPSA) is 130 Å². The first-order chi connectivity index (χ1) is 14.5. The van der Waals surface area contributed by atoms with Crippen LogP contribution in [0.15, 0.2) is 57.1 Å². The molecule has 152 valence electrons. The molecular weight excluding hydrogens is 412 g/mol. The molecule has 4 rings (SSSR count). The number of amides is 1. The molecule has 0 spiro atoms. The number of hydrogen-bond donors (Lipinski definition) is 1. The molecule has 2 aromatic carbocycles. The highest BCUT2D eigenvalue weighted by Crippen LogP contribution is 2.31. The zero-order valence-electron chi connectivity index (χ0n) is 15.5.